The van der Waals surface area contributed by atoms with E-state index < -0.39 is 5.60 Å². The zero-order valence-corrected chi connectivity index (χ0v) is 11.9. The molecule has 4 nitrogen and oxygen atoms in total. The second-order valence-electron chi connectivity index (χ2n) is 5.46. The zero-order chi connectivity index (χ0) is 14.5. The molecule has 19 heavy (non-hydrogen) atoms. The number of nitrogens with zero attached hydrogens (tertiary/aromatic N) is 2. The van der Waals surface area contributed by atoms with Gasteiger partial charge in [0.25, 0.3) is 0 Å². The highest BCUT2D eigenvalue weighted by Gasteiger charge is 2.19. The molecule has 0 unspecified atom stereocenters. The normalized spacial score (nSPS) is 10.7. The molecule has 0 bridgehead atoms. The van der Waals surface area contributed by atoms with E-state index >= 15 is 0 Å². The van der Waals surface area contributed by atoms with Crippen molar-refractivity contribution in [3.05, 3.63) is 35.4 Å². The van der Waals surface area contributed by atoms with Crippen LogP contribution in [0.4, 0.5) is 4.79 Å². The van der Waals surface area contributed by atoms with Gasteiger partial charge < -0.3 is 9.64 Å². The summed E-state index contributed by atoms with van der Waals surface area (Å²) in [5.41, 5.74) is 1.19. The van der Waals surface area contributed by atoms with E-state index in [2.05, 4.69) is 6.07 Å². The van der Waals surface area contributed by atoms with Crippen molar-refractivity contribution in [1.82, 2.24) is 4.90 Å². The maximum atomic E-state index is 11.8. The third-order valence-corrected chi connectivity index (χ3v) is 2.50. The molecule has 102 valence electrons. The van der Waals surface area contributed by atoms with Crippen LogP contribution in [0.2, 0.25) is 0 Å². The number of amides is 1. The molecular formula is C15H20N2O2. The van der Waals surface area contributed by atoms with Crippen molar-refractivity contribution in [1.29, 1.82) is 5.26 Å². The van der Waals surface area contributed by atoms with Crippen LogP contribution in [-0.2, 0) is 11.2 Å². The lowest BCUT2D eigenvalue weighted by Crippen LogP contribution is -2.35. The van der Waals surface area contributed by atoms with E-state index in [1.807, 2.05) is 39.0 Å². The van der Waals surface area contributed by atoms with E-state index in [1.54, 1.807) is 18.0 Å². The summed E-state index contributed by atoms with van der Waals surface area (Å²) >= 11 is 0. The predicted octanol–water partition coefficient (Wildman–Crippen LogP) is 2.97. The molecule has 0 aromatic heterocycles. The van der Waals surface area contributed by atoms with E-state index in [-0.39, 0.29) is 6.09 Å². The highest BCUT2D eigenvalue weighted by atomic mass is 16.6. The quantitative estimate of drug-likeness (QED) is 0.839. The van der Waals surface area contributed by atoms with Crippen LogP contribution < -0.4 is 0 Å². The molecule has 1 amide bonds. The van der Waals surface area contributed by atoms with Crippen LogP contribution in [0, 0.1) is 11.3 Å². The van der Waals surface area contributed by atoms with Crippen LogP contribution in [-0.4, -0.2) is 30.2 Å². The molecule has 0 aliphatic rings. The number of carbonyl (C=O) groups excluding carboxylic acids is 1. The number of likely N-dealkylation sites (N-methyl/N-ethyl adjacent to an activating group) is 1. The van der Waals surface area contributed by atoms with Crippen molar-refractivity contribution in [2.75, 3.05) is 13.6 Å². The molecule has 0 spiro atoms. The van der Waals surface area contributed by atoms with Crippen molar-refractivity contribution in [2.24, 2.45) is 0 Å². The van der Waals surface area contributed by atoms with Crippen LogP contribution >= 0.6 is 0 Å². The fourth-order valence-electron chi connectivity index (χ4n) is 1.52. The van der Waals surface area contributed by atoms with Gasteiger partial charge in [0.05, 0.1) is 11.6 Å². The Bertz CT molecular complexity index is 484. The minimum atomic E-state index is -0.480. The number of ether oxygens (including phenoxy) is 1. The summed E-state index contributed by atoms with van der Waals surface area (Å²) in [6, 6.07) is 9.50. The first kappa shape index (κ1) is 15.0. The van der Waals surface area contributed by atoms with Gasteiger partial charge in [-0.05, 0) is 44.9 Å². The molecule has 4 heteroatoms. The Kier molecular flexibility index (Phi) is 4.94. The van der Waals surface area contributed by atoms with Crippen molar-refractivity contribution in [2.45, 2.75) is 32.8 Å². The van der Waals surface area contributed by atoms with E-state index in [9.17, 15) is 4.79 Å². The van der Waals surface area contributed by atoms with Crippen LogP contribution in [0.1, 0.15) is 31.9 Å². The Hall–Kier alpha value is -2.02. The largest absolute Gasteiger partial charge is 0.444 e. The van der Waals surface area contributed by atoms with Gasteiger partial charge in [-0.1, -0.05) is 12.1 Å². The summed E-state index contributed by atoms with van der Waals surface area (Å²) in [5.74, 6) is 0. The second-order valence-corrected chi connectivity index (χ2v) is 5.46. The fraction of sp³-hybridized carbons (Fsp3) is 0.467. The first-order valence-electron chi connectivity index (χ1n) is 6.25. The number of rotatable bonds is 3. The molecule has 1 aromatic carbocycles. The van der Waals surface area contributed by atoms with E-state index in [1.165, 1.54) is 0 Å². The van der Waals surface area contributed by atoms with Gasteiger partial charge in [-0.3, -0.25) is 0 Å². The predicted molar refractivity (Wildman–Crippen MR) is 73.7 cm³/mol. The molecule has 0 heterocycles. The lowest BCUT2D eigenvalue weighted by Gasteiger charge is -2.24. The molecule has 0 saturated carbocycles. The smallest absolute Gasteiger partial charge is 0.410 e. The van der Waals surface area contributed by atoms with Crippen LogP contribution in [0.25, 0.3) is 0 Å². The van der Waals surface area contributed by atoms with Gasteiger partial charge in [-0.2, -0.15) is 5.26 Å². The topological polar surface area (TPSA) is 53.3 Å². The van der Waals surface area contributed by atoms with Crippen molar-refractivity contribution in [3.8, 4) is 6.07 Å². The lowest BCUT2D eigenvalue weighted by atomic mass is 10.1. The maximum absolute atomic E-state index is 11.8. The Morgan fingerprint density at radius 3 is 2.68 bits per heavy atom. The Morgan fingerprint density at radius 1 is 1.42 bits per heavy atom. The zero-order valence-electron chi connectivity index (χ0n) is 11.9. The van der Waals surface area contributed by atoms with Gasteiger partial charge in [-0.25, -0.2) is 4.79 Å². The average Bonchev–Trinajstić information content (AvgIpc) is 2.34. The van der Waals surface area contributed by atoms with Crippen molar-refractivity contribution in [3.63, 3.8) is 0 Å². The first-order chi connectivity index (χ1) is 8.81. The second kappa shape index (κ2) is 6.24. The summed E-state index contributed by atoms with van der Waals surface area (Å²) in [4.78, 5) is 13.3. The number of benzene rings is 1. The van der Waals surface area contributed by atoms with E-state index in [0.29, 0.717) is 18.5 Å². The van der Waals surface area contributed by atoms with Crippen molar-refractivity contribution < 1.29 is 9.53 Å². The number of hydrogen-bond acceptors (Lipinski definition) is 3. The molecule has 0 aliphatic carbocycles. The summed E-state index contributed by atoms with van der Waals surface area (Å²) in [6.45, 7) is 6.09. The third kappa shape index (κ3) is 5.43. The summed E-state index contributed by atoms with van der Waals surface area (Å²) in [7, 11) is 1.71. The number of carbonyl (C=O) groups is 1. The first-order valence-corrected chi connectivity index (χ1v) is 6.25. The number of hydrogen-bond donors (Lipinski definition) is 0. The lowest BCUT2D eigenvalue weighted by molar-refractivity contribution is 0.0301. The molecule has 1 aromatic rings. The fourth-order valence-corrected chi connectivity index (χ4v) is 1.52. The van der Waals surface area contributed by atoms with Crippen molar-refractivity contribution >= 4 is 6.09 Å². The van der Waals surface area contributed by atoms with Gasteiger partial charge in [0.15, 0.2) is 0 Å². The number of nitriles is 1. The Morgan fingerprint density at radius 2 is 2.11 bits per heavy atom. The molecule has 0 N–H and O–H groups in total. The Balaban J connectivity index is 2.52. The molecule has 0 fully saturated rings. The van der Waals surface area contributed by atoms with Crippen LogP contribution in [0.5, 0.6) is 0 Å². The maximum Gasteiger partial charge on any atom is 0.410 e. The molecular weight excluding hydrogens is 240 g/mol. The van der Waals surface area contributed by atoms with Gasteiger partial charge in [0.2, 0.25) is 0 Å². The third-order valence-electron chi connectivity index (χ3n) is 2.50. The summed E-state index contributed by atoms with van der Waals surface area (Å²) < 4.78 is 5.27. The molecule has 0 aliphatic heterocycles. The van der Waals surface area contributed by atoms with Gasteiger partial charge in [-0.15, -0.1) is 0 Å². The van der Waals surface area contributed by atoms with E-state index in [4.69, 9.17) is 10.00 Å². The van der Waals surface area contributed by atoms with Gasteiger partial charge in [0, 0.05) is 13.6 Å². The monoisotopic (exact) mass is 260 g/mol. The Labute approximate surface area is 114 Å². The standard InChI is InChI=1S/C15H20N2O2/c1-15(2,3)19-14(18)17(4)9-8-12-6-5-7-13(10-12)11-16/h5-7,10H,8-9H2,1-4H3. The van der Waals surface area contributed by atoms with E-state index in [0.717, 1.165) is 5.56 Å². The van der Waals surface area contributed by atoms with Crippen LogP contribution in [0.3, 0.4) is 0 Å². The summed E-state index contributed by atoms with van der Waals surface area (Å²) in [6.07, 6.45) is 0.370. The van der Waals surface area contributed by atoms with Gasteiger partial charge in [0.1, 0.15) is 5.60 Å². The molecule has 1 rings (SSSR count). The average molecular weight is 260 g/mol. The minimum absolute atomic E-state index is 0.330. The molecule has 0 saturated heterocycles. The van der Waals surface area contributed by atoms with Crippen LogP contribution in [0.15, 0.2) is 24.3 Å². The summed E-state index contributed by atoms with van der Waals surface area (Å²) in [5, 5.41) is 8.82. The highest BCUT2D eigenvalue weighted by molar-refractivity contribution is 5.67. The molecule has 0 radical (unpaired) electrons. The SMILES string of the molecule is CN(CCc1cccc(C#N)c1)C(=O)OC(C)(C)C. The minimum Gasteiger partial charge on any atom is -0.444 e. The molecule has 0 atom stereocenters. The highest BCUT2D eigenvalue weighted by Crippen LogP contribution is 2.10. The van der Waals surface area contributed by atoms with Gasteiger partial charge >= 0.3 is 6.09 Å².